The summed E-state index contributed by atoms with van der Waals surface area (Å²) in [7, 11) is 0. The van der Waals surface area contributed by atoms with Crippen molar-refractivity contribution in [3.8, 4) is 0 Å². The lowest BCUT2D eigenvalue weighted by Gasteiger charge is -2.23. The van der Waals surface area contributed by atoms with Crippen LogP contribution in [0.2, 0.25) is 10.0 Å². The maximum absolute atomic E-state index is 12.6. The van der Waals surface area contributed by atoms with Gasteiger partial charge in [0.15, 0.2) is 0 Å². The molecule has 4 nitrogen and oxygen atoms in total. The number of anilines is 1. The highest BCUT2D eigenvalue weighted by Gasteiger charge is 2.27. The molecule has 1 aliphatic heterocycles. The fourth-order valence-electron chi connectivity index (χ4n) is 3.14. The molecule has 1 aromatic heterocycles. The molecule has 4 rings (SSSR count). The van der Waals surface area contributed by atoms with Crippen LogP contribution >= 0.6 is 23.2 Å². The largest absolute Gasteiger partial charge is 0.357 e. The molecule has 1 aliphatic rings. The lowest BCUT2D eigenvalue weighted by Crippen LogP contribution is -2.44. The molecule has 1 atom stereocenters. The van der Waals surface area contributed by atoms with E-state index in [-0.39, 0.29) is 11.9 Å². The van der Waals surface area contributed by atoms with E-state index < -0.39 is 0 Å². The Bertz CT molecular complexity index is 935. The quantitative estimate of drug-likeness (QED) is 0.644. The third-order valence-electron chi connectivity index (χ3n) is 4.30. The summed E-state index contributed by atoms with van der Waals surface area (Å²) < 4.78 is 0. The summed E-state index contributed by atoms with van der Waals surface area (Å²) in [4.78, 5) is 16.0. The van der Waals surface area contributed by atoms with Crippen LogP contribution in [0.15, 0.2) is 42.5 Å². The number of carbonyl (C=O) groups excluding carboxylic acids is 1. The highest BCUT2D eigenvalue weighted by atomic mass is 35.5. The van der Waals surface area contributed by atoms with Crippen LogP contribution in [-0.4, -0.2) is 16.9 Å². The molecule has 6 heteroatoms. The number of benzene rings is 2. The molecule has 2 heterocycles. The summed E-state index contributed by atoms with van der Waals surface area (Å²) in [5, 5.41) is 8.56. The number of H-pyrrole nitrogens is 1. The Labute approximate surface area is 149 Å². The van der Waals surface area contributed by atoms with Crippen LogP contribution in [0.5, 0.6) is 0 Å². The fraction of sp³-hybridized carbons (Fsp3) is 0.167. The maximum atomic E-state index is 12.6. The number of amides is 1. The van der Waals surface area contributed by atoms with Gasteiger partial charge in [0.05, 0.1) is 6.04 Å². The van der Waals surface area contributed by atoms with Crippen molar-refractivity contribution in [2.45, 2.75) is 19.0 Å². The van der Waals surface area contributed by atoms with Gasteiger partial charge in [-0.2, -0.15) is 0 Å². The molecule has 0 fully saturated rings. The molecule has 0 spiro atoms. The monoisotopic (exact) mass is 359 g/mol. The van der Waals surface area contributed by atoms with Gasteiger partial charge in [0, 0.05) is 38.9 Å². The van der Waals surface area contributed by atoms with Crippen LogP contribution in [-0.2, 0) is 17.8 Å². The Morgan fingerprint density at radius 1 is 1.12 bits per heavy atom. The standard InChI is InChI=1S/C18H15Cl2N3O/c19-10-2-1-3-12(6-10)22-18(24)16-8-14-13-7-11(20)4-5-15(13)23-17(14)9-21-16/h1-7,16,21,23H,8-9H2,(H,22,24). The molecule has 1 unspecified atom stereocenters. The van der Waals surface area contributed by atoms with E-state index in [1.807, 2.05) is 30.3 Å². The molecule has 0 saturated carbocycles. The molecule has 0 bridgehead atoms. The average Bonchev–Trinajstić information content (AvgIpc) is 2.92. The Kier molecular flexibility index (Phi) is 3.96. The zero-order chi connectivity index (χ0) is 16.7. The van der Waals surface area contributed by atoms with Crippen molar-refractivity contribution < 1.29 is 4.79 Å². The van der Waals surface area contributed by atoms with Gasteiger partial charge in [0.1, 0.15) is 0 Å². The number of aromatic nitrogens is 1. The van der Waals surface area contributed by atoms with Crippen molar-refractivity contribution >= 4 is 45.7 Å². The van der Waals surface area contributed by atoms with E-state index in [4.69, 9.17) is 23.2 Å². The summed E-state index contributed by atoms with van der Waals surface area (Å²) in [5.41, 5.74) is 4.00. The topological polar surface area (TPSA) is 56.9 Å². The molecule has 0 aliphatic carbocycles. The average molecular weight is 360 g/mol. The number of hydrogen-bond acceptors (Lipinski definition) is 2. The summed E-state index contributed by atoms with van der Waals surface area (Å²) in [6.07, 6.45) is 0.613. The molecule has 0 radical (unpaired) electrons. The van der Waals surface area contributed by atoms with Gasteiger partial charge >= 0.3 is 0 Å². The van der Waals surface area contributed by atoms with Gasteiger partial charge < -0.3 is 10.3 Å². The second-order valence-corrected chi connectivity index (χ2v) is 6.78. The first-order valence-electron chi connectivity index (χ1n) is 7.69. The van der Waals surface area contributed by atoms with Gasteiger partial charge in [-0.1, -0.05) is 29.3 Å². The van der Waals surface area contributed by atoms with Crippen LogP contribution in [0, 0.1) is 0 Å². The molecule has 24 heavy (non-hydrogen) atoms. The highest BCUT2D eigenvalue weighted by Crippen LogP contribution is 2.29. The molecule has 3 aromatic rings. The minimum absolute atomic E-state index is 0.0701. The highest BCUT2D eigenvalue weighted by molar-refractivity contribution is 6.31. The minimum atomic E-state index is -0.297. The number of fused-ring (bicyclic) bond motifs is 3. The molecule has 1 amide bonds. The third kappa shape index (κ3) is 2.88. The predicted molar refractivity (Wildman–Crippen MR) is 97.7 cm³/mol. The van der Waals surface area contributed by atoms with E-state index in [9.17, 15) is 4.79 Å². The summed E-state index contributed by atoms with van der Waals surface area (Å²) in [5.74, 6) is -0.0701. The van der Waals surface area contributed by atoms with Crippen molar-refractivity contribution in [2.75, 3.05) is 5.32 Å². The van der Waals surface area contributed by atoms with Crippen molar-refractivity contribution in [1.82, 2.24) is 10.3 Å². The molecule has 2 aromatic carbocycles. The van der Waals surface area contributed by atoms with Crippen LogP contribution in [0.3, 0.4) is 0 Å². The molecule has 122 valence electrons. The van der Waals surface area contributed by atoms with E-state index in [2.05, 4.69) is 15.6 Å². The number of rotatable bonds is 2. The van der Waals surface area contributed by atoms with E-state index >= 15 is 0 Å². The van der Waals surface area contributed by atoms with Crippen molar-refractivity contribution in [1.29, 1.82) is 0 Å². The van der Waals surface area contributed by atoms with E-state index in [0.29, 0.717) is 28.7 Å². The first-order chi connectivity index (χ1) is 11.6. The smallest absolute Gasteiger partial charge is 0.241 e. The fourth-order valence-corrected chi connectivity index (χ4v) is 3.50. The molecular weight excluding hydrogens is 345 g/mol. The van der Waals surface area contributed by atoms with Gasteiger partial charge in [-0.15, -0.1) is 0 Å². The van der Waals surface area contributed by atoms with Crippen LogP contribution in [0.25, 0.3) is 10.9 Å². The van der Waals surface area contributed by atoms with Crippen molar-refractivity contribution in [2.24, 2.45) is 0 Å². The van der Waals surface area contributed by atoms with E-state index in [0.717, 1.165) is 22.2 Å². The van der Waals surface area contributed by atoms with E-state index in [1.54, 1.807) is 12.1 Å². The van der Waals surface area contributed by atoms with Crippen LogP contribution in [0.1, 0.15) is 11.3 Å². The Morgan fingerprint density at radius 2 is 1.96 bits per heavy atom. The zero-order valence-corrected chi connectivity index (χ0v) is 14.2. The van der Waals surface area contributed by atoms with Crippen LogP contribution in [0.4, 0.5) is 5.69 Å². The summed E-state index contributed by atoms with van der Waals surface area (Å²) in [6, 6.07) is 12.6. The predicted octanol–water partition coefficient (Wildman–Crippen LogP) is 4.13. The van der Waals surface area contributed by atoms with Gasteiger partial charge in [-0.25, -0.2) is 0 Å². The van der Waals surface area contributed by atoms with Crippen molar-refractivity contribution in [3.63, 3.8) is 0 Å². The first-order valence-corrected chi connectivity index (χ1v) is 8.44. The number of halogens is 2. The molecular formula is C18H15Cl2N3O. The lowest BCUT2D eigenvalue weighted by atomic mass is 9.98. The SMILES string of the molecule is O=C(Nc1cccc(Cl)c1)C1Cc2c([nH]c3ccc(Cl)cc23)CN1. The van der Waals surface area contributed by atoms with Crippen molar-refractivity contribution in [3.05, 3.63) is 63.8 Å². The second-order valence-electron chi connectivity index (χ2n) is 5.91. The van der Waals surface area contributed by atoms with Crippen LogP contribution < -0.4 is 10.6 Å². The second kappa shape index (κ2) is 6.13. The number of aromatic amines is 1. The lowest BCUT2D eigenvalue weighted by molar-refractivity contribution is -0.118. The summed E-state index contributed by atoms with van der Waals surface area (Å²) >= 11 is 12.1. The first kappa shape index (κ1) is 15.5. The molecule has 3 N–H and O–H groups in total. The Morgan fingerprint density at radius 3 is 2.79 bits per heavy atom. The normalized spacial score (nSPS) is 16.8. The van der Waals surface area contributed by atoms with Gasteiger partial charge in [-0.05, 0) is 48.4 Å². The van der Waals surface area contributed by atoms with Gasteiger partial charge in [-0.3, -0.25) is 10.1 Å². The number of hydrogen-bond donors (Lipinski definition) is 3. The maximum Gasteiger partial charge on any atom is 0.241 e. The third-order valence-corrected chi connectivity index (χ3v) is 4.77. The van der Waals surface area contributed by atoms with E-state index in [1.165, 1.54) is 0 Å². The zero-order valence-electron chi connectivity index (χ0n) is 12.7. The molecule has 0 saturated heterocycles. The van der Waals surface area contributed by atoms with Gasteiger partial charge in [0.2, 0.25) is 5.91 Å². The Balaban J connectivity index is 1.58. The number of nitrogens with one attached hydrogen (secondary N) is 3. The minimum Gasteiger partial charge on any atom is -0.357 e. The number of carbonyl (C=O) groups is 1. The summed E-state index contributed by atoms with van der Waals surface area (Å²) in [6.45, 7) is 0.620. The Hall–Kier alpha value is -2.01. The van der Waals surface area contributed by atoms with Gasteiger partial charge in [0.25, 0.3) is 0 Å².